The van der Waals surface area contributed by atoms with Gasteiger partial charge in [0.15, 0.2) is 6.17 Å². The summed E-state index contributed by atoms with van der Waals surface area (Å²) in [4.78, 5) is 10.6. The summed E-state index contributed by atoms with van der Waals surface area (Å²) < 4.78 is 7.58. The lowest BCUT2D eigenvalue weighted by molar-refractivity contribution is 0.763. The zero-order valence-electron chi connectivity index (χ0n) is 27.2. The van der Waals surface area contributed by atoms with Gasteiger partial charge in [-0.05, 0) is 36.4 Å². The van der Waals surface area contributed by atoms with Gasteiger partial charge in [0.2, 0.25) is 0 Å². The van der Waals surface area contributed by atoms with Gasteiger partial charge in [0.1, 0.15) is 11.7 Å². The van der Waals surface area contributed by atoms with Crippen molar-refractivity contribution in [3.63, 3.8) is 0 Å². The van der Waals surface area contributed by atoms with Crippen molar-refractivity contribution in [3.8, 4) is 5.69 Å². The van der Waals surface area contributed by atoms with E-state index in [2.05, 4.69) is 155 Å². The van der Waals surface area contributed by atoms with Gasteiger partial charge in [0.25, 0.3) is 0 Å². The van der Waals surface area contributed by atoms with Gasteiger partial charge < -0.3 is 9.88 Å². The lowest BCUT2D eigenvalue weighted by Gasteiger charge is -2.23. The van der Waals surface area contributed by atoms with Crippen molar-refractivity contribution in [2.24, 2.45) is 9.98 Å². The van der Waals surface area contributed by atoms with Gasteiger partial charge in [0, 0.05) is 67.8 Å². The standard InChI is InChI=1S/C45H28N4S2/c1-3-13-27(14-4-1)43-46-44(28-15-5-2-6-16-28)48-45(47-43)32-19-11-23-37-40(32)41-38(50-37)26-25-31-39-35(22-12-24-36(39)51-42(31)41)49-33-20-9-7-17-29(33)30-18-8-10-21-34(30)49/h1-26,45H,(H,46,47,48). The molecule has 4 heterocycles. The fraction of sp³-hybridized carbons (Fsp3) is 0.0222. The Hall–Kier alpha value is -6.08. The smallest absolute Gasteiger partial charge is 0.170 e. The number of nitrogens with one attached hydrogen (secondary N) is 1. The van der Waals surface area contributed by atoms with E-state index in [4.69, 9.17) is 9.98 Å². The van der Waals surface area contributed by atoms with E-state index in [-0.39, 0.29) is 0 Å². The molecule has 51 heavy (non-hydrogen) atoms. The Balaban J connectivity index is 1.18. The number of thiophene rings is 2. The maximum absolute atomic E-state index is 5.29. The van der Waals surface area contributed by atoms with Crippen LogP contribution in [0.15, 0.2) is 168 Å². The Morgan fingerprint density at radius 2 is 1.02 bits per heavy atom. The van der Waals surface area contributed by atoms with Crippen LogP contribution < -0.4 is 5.32 Å². The first-order valence-corrected chi connectivity index (χ1v) is 18.7. The van der Waals surface area contributed by atoms with Crippen molar-refractivity contribution < 1.29 is 0 Å². The lowest BCUT2D eigenvalue weighted by atomic mass is 10.0. The lowest BCUT2D eigenvalue weighted by Crippen LogP contribution is -2.36. The van der Waals surface area contributed by atoms with E-state index in [1.165, 1.54) is 67.8 Å². The molecule has 0 atom stereocenters. The quantitative estimate of drug-likeness (QED) is 0.196. The van der Waals surface area contributed by atoms with Gasteiger partial charge in [-0.15, -0.1) is 22.7 Å². The van der Waals surface area contributed by atoms with Gasteiger partial charge >= 0.3 is 0 Å². The molecule has 240 valence electrons. The van der Waals surface area contributed by atoms with Crippen molar-refractivity contribution >= 4 is 96.5 Å². The third-order valence-electron chi connectivity index (χ3n) is 10.1. The van der Waals surface area contributed by atoms with Gasteiger partial charge in [-0.2, -0.15) is 0 Å². The number of nitrogens with zero attached hydrogens (tertiary/aromatic N) is 3. The summed E-state index contributed by atoms with van der Waals surface area (Å²) in [5, 5.41) is 11.2. The number of rotatable bonds is 4. The molecule has 1 aliphatic rings. The molecule has 0 fully saturated rings. The Bertz CT molecular complexity index is 2950. The van der Waals surface area contributed by atoms with Crippen LogP contribution in [0, 0.1) is 0 Å². The predicted octanol–water partition coefficient (Wildman–Crippen LogP) is 12.0. The van der Waals surface area contributed by atoms with Crippen LogP contribution in [0.5, 0.6) is 0 Å². The summed E-state index contributed by atoms with van der Waals surface area (Å²) in [7, 11) is 0. The molecule has 1 aliphatic heterocycles. The predicted molar refractivity (Wildman–Crippen MR) is 218 cm³/mol. The highest BCUT2D eigenvalue weighted by atomic mass is 32.1. The van der Waals surface area contributed by atoms with Crippen molar-refractivity contribution in [2.75, 3.05) is 0 Å². The minimum atomic E-state index is -0.407. The zero-order valence-corrected chi connectivity index (χ0v) is 28.9. The molecule has 6 heteroatoms. The topological polar surface area (TPSA) is 41.7 Å². The Kier molecular flexibility index (Phi) is 6.32. The number of hydrogen-bond donors (Lipinski definition) is 1. The van der Waals surface area contributed by atoms with Crippen LogP contribution in [-0.4, -0.2) is 16.2 Å². The minimum absolute atomic E-state index is 0.407. The number of amidine groups is 2. The molecule has 0 saturated heterocycles. The highest BCUT2D eigenvalue weighted by Gasteiger charge is 2.25. The molecule has 0 saturated carbocycles. The molecule has 0 aliphatic carbocycles. The number of hydrogen-bond acceptors (Lipinski definition) is 5. The molecular weight excluding hydrogens is 661 g/mol. The summed E-state index contributed by atoms with van der Waals surface area (Å²) in [6, 6.07) is 56.3. The monoisotopic (exact) mass is 688 g/mol. The second kappa shape index (κ2) is 11.2. The summed E-state index contributed by atoms with van der Waals surface area (Å²) >= 11 is 3.75. The molecule has 10 aromatic rings. The Morgan fingerprint density at radius 1 is 0.451 bits per heavy atom. The number of benzene rings is 7. The van der Waals surface area contributed by atoms with Crippen molar-refractivity contribution in [2.45, 2.75) is 6.17 Å². The molecule has 0 radical (unpaired) electrons. The van der Waals surface area contributed by atoms with Crippen LogP contribution in [0.4, 0.5) is 0 Å². The van der Waals surface area contributed by atoms with Crippen LogP contribution in [0.3, 0.4) is 0 Å². The molecule has 0 unspecified atom stereocenters. The SMILES string of the molecule is c1ccc(C2=NC(c3cccc4sc5ccc6c(sc7cccc(-n8c9ccccc9c9ccccc98)c76)c5c34)N=C(c3ccccc3)N2)cc1. The first kappa shape index (κ1) is 28.7. The molecule has 7 aromatic carbocycles. The zero-order chi connectivity index (χ0) is 33.5. The van der Waals surface area contributed by atoms with E-state index >= 15 is 0 Å². The number of fused-ring (bicyclic) bond motifs is 10. The summed E-state index contributed by atoms with van der Waals surface area (Å²) in [5.74, 6) is 1.66. The third kappa shape index (κ3) is 4.37. The molecule has 3 aromatic heterocycles. The average molecular weight is 689 g/mol. The highest BCUT2D eigenvalue weighted by Crippen LogP contribution is 2.48. The van der Waals surface area contributed by atoms with Crippen molar-refractivity contribution in [3.05, 3.63) is 174 Å². The first-order chi connectivity index (χ1) is 25.3. The van der Waals surface area contributed by atoms with Crippen molar-refractivity contribution in [1.29, 1.82) is 0 Å². The molecular formula is C45H28N4S2. The van der Waals surface area contributed by atoms with Crippen LogP contribution in [0.25, 0.3) is 67.8 Å². The average Bonchev–Trinajstić information content (AvgIpc) is 3.88. The second-order valence-electron chi connectivity index (χ2n) is 12.9. The van der Waals surface area contributed by atoms with Gasteiger partial charge in [-0.25, -0.2) is 9.98 Å². The number of aliphatic imine (C=N–C) groups is 2. The molecule has 0 spiro atoms. The fourth-order valence-electron chi connectivity index (χ4n) is 7.85. The van der Waals surface area contributed by atoms with E-state index in [1.54, 1.807) is 0 Å². The van der Waals surface area contributed by atoms with Crippen LogP contribution in [-0.2, 0) is 0 Å². The molecule has 0 bridgehead atoms. The maximum Gasteiger partial charge on any atom is 0.170 e. The highest BCUT2D eigenvalue weighted by molar-refractivity contribution is 7.29. The summed E-state index contributed by atoms with van der Waals surface area (Å²) in [6.07, 6.45) is -0.407. The number of para-hydroxylation sites is 2. The number of aromatic nitrogens is 1. The largest absolute Gasteiger partial charge is 0.324 e. The molecule has 4 nitrogen and oxygen atoms in total. The van der Waals surface area contributed by atoms with E-state index in [0.29, 0.717) is 0 Å². The van der Waals surface area contributed by atoms with Gasteiger partial charge in [-0.3, -0.25) is 0 Å². The van der Waals surface area contributed by atoms with E-state index < -0.39 is 6.17 Å². The Labute approximate surface area is 301 Å². The van der Waals surface area contributed by atoms with Crippen molar-refractivity contribution in [1.82, 2.24) is 9.88 Å². The van der Waals surface area contributed by atoms with Crippen LogP contribution in [0.2, 0.25) is 0 Å². The van der Waals surface area contributed by atoms with Gasteiger partial charge in [0.05, 0.1) is 16.7 Å². The van der Waals surface area contributed by atoms with Crippen LogP contribution >= 0.6 is 22.7 Å². The summed E-state index contributed by atoms with van der Waals surface area (Å²) in [5.41, 5.74) is 6.85. The first-order valence-electron chi connectivity index (χ1n) is 17.1. The molecule has 0 amide bonds. The Morgan fingerprint density at radius 3 is 1.69 bits per heavy atom. The normalized spacial score (nSPS) is 13.8. The third-order valence-corrected chi connectivity index (χ3v) is 12.4. The van der Waals surface area contributed by atoms with Gasteiger partial charge in [-0.1, -0.05) is 121 Å². The van der Waals surface area contributed by atoms with E-state index in [9.17, 15) is 0 Å². The second-order valence-corrected chi connectivity index (χ2v) is 15.1. The summed E-state index contributed by atoms with van der Waals surface area (Å²) in [6.45, 7) is 0. The van der Waals surface area contributed by atoms with E-state index in [1.807, 2.05) is 34.8 Å². The van der Waals surface area contributed by atoms with E-state index in [0.717, 1.165) is 28.4 Å². The molecule has 11 rings (SSSR count). The minimum Gasteiger partial charge on any atom is -0.324 e. The van der Waals surface area contributed by atoms with Crippen LogP contribution in [0.1, 0.15) is 22.9 Å². The maximum atomic E-state index is 5.29. The molecule has 1 N–H and O–H groups in total. The fourth-order valence-corrected chi connectivity index (χ4v) is 10.3.